The lowest BCUT2D eigenvalue weighted by Crippen LogP contribution is -2.06. The predicted octanol–water partition coefficient (Wildman–Crippen LogP) is 3.41. The van der Waals surface area contributed by atoms with Gasteiger partial charge in [0.05, 0.1) is 22.9 Å². The molecule has 1 aromatic carbocycles. The highest BCUT2D eigenvalue weighted by Gasteiger charge is 2.14. The van der Waals surface area contributed by atoms with Crippen LogP contribution in [0.5, 0.6) is 0 Å². The quantitative estimate of drug-likeness (QED) is 0.789. The molecule has 0 saturated carbocycles. The minimum Gasteiger partial charge on any atom is -0.472 e. The van der Waals surface area contributed by atoms with Crippen LogP contribution in [0.3, 0.4) is 0 Å². The molecule has 2 heterocycles. The molecule has 0 spiro atoms. The number of hydrogen-bond donors (Lipinski definition) is 1. The summed E-state index contributed by atoms with van der Waals surface area (Å²) in [6, 6.07) is 8.19. The zero-order chi connectivity index (χ0) is 14.1. The molecule has 0 fully saturated rings. The Labute approximate surface area is 118 Å². The Balaban J connectivity index is 2.21. The summed E-state index contributed by atoms with van der Waals surface area (Å²) in [5.74, 6) is 1.50. The Hall–Kier alpha value is -2.07. The maximum absolute atomic E-state index is 5.71. The third kappa shape index (κ3) is 2.23. The van der Waals surface area contributed by atoms with Gasteiger partial charge in [-0.1, -0.05) is 19.9 Å². The van der Waals surface area contributed by atoms with Crippen molar-refractivity contribution in [3.05, 3.63) is 42.4 Å². The molecule has 20 heavy (non-hydrogen) atoms. The zero-order valence-electron chi connectivity index (χ0n) is 11.8. The molecule has 0 aliphatic carbocycles. The van der Waals surface area contributed by atoms with Crippen molar-refractivity contribution in [2.75, 3.05) is 0 Å². The van der Waals surface area contributed by atoms with E-state index >= 15 is 0 Å². The van der Waals surface area contributed by atoms with Gasteiger partial charge in [-0.15, -0.1) is 0 Å². The molecule has 4 heteroatoms. The van der Waals surface area contributed by atoms with Gasteiger partial charge >= 0.3 is 0 Å². The molecule has 0 bridgehead atoms. The summed E-state index contributed by atoms with van der Waals surface area (Å²) in [7, 11) is 0. The van der Waals surface area contributed by atoms with Crippen molar-refractivity contribution in [3.63, 3.8) is 0 Å². The number of rotatable bonds is 4. The van der Waals surface area contributed by atoms with Gasteiger partial charge in [0.2, 0.25) is 0 Å². The number of benzene rings is 1. The molecule has 0 radical (unpaired) electrons. The van der Waals surface area contributed by atoms with E-state index in [0.29, 0.717) is 12.5 Å². The Morgan fingerprint density at radius 3 is 2.80 bits per heavy atom. The first-order chi connectivity index (χ1) is 9.69. The van der Waals surface area contributed by atoms with Crippen LogP contribution < -0.4 is 5.73 Å². The molecule has 0 atom stereocenters. The second-order valence-corrected chi connectivity index (χ2v) is 5.48. The normalized spacial score (nSPS) is 11.6. The van der Waals surface area contributed by atoms with Gasteiger partial charge in [-0.25, -0.2) is 4.98 Å². The van der Waals surface area contributed by atoms with Gasteiger partial charge in [0.15, 0.2) is 0 Å². The highest BCUT2D eigenvalue weighted by Crippen LogP contribution is 2.26. The summed E-state index contributed by atoms with van der Waals surface area (Å²) in [4.78, 5) is 4.76. The molecule has 4 nitrogen and oxygen atoms in total. The average Bonchev–Trinajstić information content (AvgIpc) is 3.05. The van der Waals surface area contributed by atoms with E-state index in [4.69, 9.17) is 15.1 Å². The summed E-state index contributed by atoms with van der Waals surface area (Å²) in [6.07, 6.45) is 3.42. The summed E-state index contributed by atoms with van der Waals surface area (Å²) >= 11 is 0. The van der Waals surface area contributed by atoms with Crippen LogP contribution in [0.15, 0.2) is 41.2 Å². The van der Waals surface area contributed by atoms with Crippen LogP contribution in [0, 0.1) is 5.92 Å². The molecule has 3 rings (SSSR count). The predicted molar refractivity (Wildman–Crippen MR) is 80.2 cm³/mol. The van der Waals surface area contributed by atoms with Gasteiger partial charge < -0.3 is 14.7 Å². The minimum absolute atomic E-state index is 0.536. The van der Waals surface area contributed by atoms with Crippen molar-refractivity contribution in [2.45, 2.75) is 26.9 Å². The maximum atomic E-state index is 5.71. The second-order valence-electron chi connectivity index (χ2n) is 5.48. The first kappa shape index (κ1) is 12.9. The van der Waals surface area contributed by atoms with E-state index in [9.17, 15) is 0 Å². The van der Waals surface area contributed by atoms with Gasteiger partial charge in [-0.3, -0.25) is 0 Å². The number of imidazole rings is 1. The molecule has 0 aliphatic heterocycles. The Morgan fingerprint density at radius 2 is 2.15 bits per heavy atom. The monoisotopic (exact) mass is 269 g/mol. The van der Waals surface area contributed by atoms with Gasteiger partial charge in [0.1, 0.15) is 12.1 Å². The highest BCUT2D eigenvalue weighted by atomic mass is 16.3. The van der Waals surface area contributed by atoms with Crippen LogP contribution in [-0.4, -0.2) is 9.55 Å². The molecule has 2 N–H and O–H groups in total. The van der Waals surface area contributed by atoms with Crippen LogP contribution in [0.1, 0.15) is 19.4 Å². The summed E-state index contributed by atoms with van der Waals surface area (Å²) in [6.45, 7) is 5.88. The molecular formula is C16H19N3O. The smallest absolute Gasteiger partial charge is 0.144 e. The number of aromatic nitrogens is 2. The Kier molecular flexibility index (Phi) is 3.32. The van der Waals surface area contributed by atoms with E-state index in [2.05, 4.69) is 36.6 Å². The van der Waals surface area contributed by atoms with Crippen molar-refractivity contribution in [3.8, 4) is 11.4 Å². The lowest BCUT2D eigenvalue weighted by molar-refractivity contribution is 0.535. The van der Waals surface area contributed by atoms with Crippen LogP contribution in [-0.2, 0) is 13.1 Å². The molecule has 3 aromatic rings. The molecule has 0 aliphatic rings. The summed E-state index contributed by atoms with van der Waals surface area (Å²) < 4.78 is 7.45. The lowest BCUT2D eigenvalue weighted by atomic mass is 10.2. The minimum atomic E-state index is 0.536. The SMILES string of the molecule is CC(C)Cn1c(-c2ccoc2)nc2cc(CN)ccc21. The van der Waals surface area contributed by atoms with E-state index in [-0.39, 0.29) is 0 Å². The number of hydrogen-bond acceptors (Lipinski definition) is 3. The van der Waals surface area contributed by atoms with E-state index in [1.165, 1.54) is 0 Å². The van der Waals surface area contributed by atoms with Crippen LogP contribution in [0.25, 0.3) is 22.4 Å². The van der Waals surface area contributed by atoms with Gasteiger partial charge in [-0.05, 0) is 29.7 Å². The Bertz CT molecular complexity index is 711. The van der Waals surface area contributed by atoms with Gasteiger partial charge in [0, 0.05) is 13.1 Å². The van der Waals surface area contributed by atoms with Crippen LogP contribution in [0.4, 0.5) is 0 Å². The molecule has 0 saturated heterocycles. The molecule has 2 aromatic heterocycles. The third-order valence-corrected chi connectivity index (χ3v) is 3.38. The largest absolute Gasteiger partial charge is 0.472 e. The van der Waals surface area contributed by atoms with Crippen molar-refractivity contribution >= 4 is 11.0 Å². The van der Waals surface area contributed by atoms with E-state index in [1.54, 1.807) is 12.5 Å². The lowest BCUT2D eigenvalue weighted by Gasteiger charge is -2.10. The van der Waals surface area contributed by atoms with E-state index in [1.807, 2.05) is 6.07 Å². The fraction of sp³-hybridized carbons (Fsp3) is 0.312. The fourth-order valence-electron chi connectivity index (χ4n) is 2.46. The number of nitrogens with zero attached hydrogens (tertiary/aromatic N) is 2. The van der Waals surface area contributed by atoms with Crippen molar-refractivity contribution < 1.29 is 4.42 Å². The number of furan rings is 1. The second kappa shape index (κ2) is 5.13. The third-order valence-electron chi connectivity index (χ3n) is 3.38. The molecule has 104 valence electrons. The van der Waals surface area contributed by atoms with Gasteiger partial charge in [-0.2, -0.15) is 0 Å². The maximum Gasteiger partial charge on any atom is 0.144 e. The summed E-state index contributed by atoms with van der Waals surface area (Å²) in [5.41, 5.74) is 9.96. The van der Waals surface area contributed by atoms with Crippen molar-refractivity contribution in [1.82, 2.24) is 9.55 Å². The number of fused-ring (bicyclic) bond motifs is 1. The molecule has 0 amide bonds. The molecule has 0 unspecified atom stereocenters. The van der Waals surface area contributed by atoms with E-state index < -0.39 is 0 Å². The molecular weight excluding hydrogens is 250 g/mol. The van der Waals surface area contributed by atoms with Crippen LogP contribution in [0.2, 0.25) is 0 Å². The first-order valence-electron chi connectivity index (χ1n) is 6.91. The number of nitrogens with two attached hydrogens (primary N) is 1. The van der Waals surface area contributed by atoms with Gasteiger partial charge in [0.25, 0.3) is 0 Å². The van der Waals surface area contributed by atoms with Crippen LogP contribution >= 0.6 is 0 Å². The average molecular weight is 269 g/mol. The van der Waals surface area contributed by atoms with Crippen molar-refractivity contribution in [1.29, 1.82) is 0 Å². The highest BCUT2D eigenvalue weighted by molar-refractivity contribution is 5.81. The standard InChI is InChI=1S/C16H19N3O/c1-11(2)9-19-15-4-3-12(8-17)7-14(15)18-16(19)13-5-6-20-10-13/h3-7,10-11H,8-9,17H2,1-2H3. The zero-order valence-corrected chi connectivity index (χ0v) is 11.8. The summed E-state index contributed by atoms with van der Waals surface area (Å²) in [5, 5.41) is 0. The first-order valence-corrected chi connectivity index (χ1v) is 6.91. The fourth-order valence-corrected chi connectivity index (χ4v) is 2.46. The van der Waals surface area contributed by atoms with Crippen molar-refractivity contribution in [2.24, 2.45) is 11.7 Å². The van der Waals surface area contributed by atoms with E-state index in [0.717, 1.165) is 34.5 Å². The topological polar surface area (TPSA) is 57.0 Å². The Morgan fingerprint density at radius 1 is 1.30 bits per heavy atom.